The Morgan fingerprint density at radius 1 is 0.714 bits per heavy atom. The summed E-state index contributed by atoms with van der Waals surface area (Å²) in [4.78, 5) is 2.03. The van der Waals surface area contributed by atoms with E-state index in [0.717, 1.165) is 6.42 Å². The number of benzene rings is 3. The van der Waals surface area contributed by atoms with Crippen molar-refractivity contribution in [3.8, 4) is 0 Å². The Morgan fingerprint density at radius 3 is 1.79 bits per heavy atom. The summed E-state index contributed by atoms with van der Waals surface area (Å²) in [5.41, 5.74) is 7.62. The Labute approximate surface area is 169 Å². The zero-order valence-corrected chi connectivity index (χ0v) is 17.1. The number of hydrogen-bond donors (Lipinski definition) is 0. The molecule has 0 aromatic heterocycles. The van der Waals surface area contributed by atoms with Gasteiger partial charge in [-0.15, -0.1) is 0 Å². The van der Waals surface area contributed by atoms with Crippen LogP contribution in [-0.4, -0.2) is 25.7 Å². The standard InChI is InChI=1S/C26H29NO/c1-4-25(22-11-7-5-8-12-22)26(23-13-9-6-10-14-23)24-17-15-21(16-18-24)19-28-20-27(2)3/h5-18H,4,19-20H2,1-3H3. The molecule has 28 heavy (non-hydrogen) atoms. The van der Waals surface area contributed by atoms with E-state index in [1.165, 1.54) is 33.4 Å². The Kier molecular flexibility index (Phi) is 7.18. The van der Waals surface area contributed by atoms with Crippen LogP contribution >= 0.6 is 0 Å². The molecule has 2 nitrogen and oxygen atoms in total. The molecule has 0 fully saturated rings. The summed E-state index contributed by atoms with van der Waals surface area (Å²) in [6.07, 6.45) is 0.974. The minimum absolute atomic E-state index is 0.627. The molecule has 0 saturated heterocycles. The SMILES string of the molecule is CCC(=C(c1ccccc1)c1ccc(COCN(C)C)cc1)c1ccccc1. The van der Waals surface area contributed by atoms with Crippen LogP contribution in [0.2, 0.25) is 0 Å². The van der Waals surface area contributed by atoms with Crippen molar-refractivity contribution in [2.45, 2.75) is 20.0 Å². The first-order valence-electron chi connectivity index (χ1n) is 9.84. The second-order valence-corrected chi connectivity index (χ2v) is 7.19. The molecule has 2 heteroatoms. The normalized spacial score (nSPS) is 12.1. The molecule has 0 saturated carbocycles. The molecular formula is C26H29NO. The first-order chi connectivity index (χ1) is 13.7. The van der Waals surface area contributed by atoms with E-state index in [1.54, 1.807) is 0 Å². The summed E-state index contributed by atoms with van der Waals surface area (Å²) in [5.74, 6) is 0. The Hall–Kier alpha value is -2.68. The molecule has 0 unspecified atom stereocenters. The average molecular weight is 372 g/mol. The van der Waals surface area contributed by atoms with Crippen molar-refractivity contribution < 1.29 is 4.74 Å². The number of allylic oxidation sites excluding steroid dienone is 1. The fraction of sp³-hybridized carbons (Fsp3) is 0.231. The van der Waals surface area contributed by atoms with E-state index >= 15 is 0 Å². The Balaban J connectivity index is 2.00. The van der Waals surface area contributed by atoms with E-state index in [4.69, 9.17) is 4.74 Å². The zero-order chi connectivity index (χ0) is 19.8. The van der Waals surface area contributed by atoms with Crippen LogP contribution in [0.4, 0.5) is 0 Å². The fourth-order valence-electron chi connectivity index (χ4n) is 3.40. The topological polar surface area (TPSA) is 12.5 Å². The summed E-state index contributed by atoms with van der Waals surface area (Å²) >= 11 is 0. The molecule has 0 N–H and O–H groups in total. The molecule has 0 bridgehead atoms. The van der Waals surface area contributed by atoms with Gasteiger partial charge < -0.3 is 4.74 Å². The Bertz CT molecular complexity index is 881. The third-order valence-corrected chi connectivity index (χ3v) is 4.70. The van der Waals surface area contributed by atoms with Gasteiger partial charge in [-0.25, -0.2) is 0 Å². The van der Waals surface area contributed by atoms with E-state index in [-0.39, 0.29) is 0 Å². The van der Waals surface area contributed by atoms with E-state index in [1.807, 2.05) is 19.0 Å². The van der Waals surface area contributed by atoms with Gasteiger partial charge in [-0.1, -0.05) is 91.9 Å². The molecule has 0 aliphatic heterocycles. The van der Waals surface area contributed by atoms with Crippen LogP contribution < -0.4 is 0 Å². The molecule has 144 valence electrons. The highest BCUT2D eigenvalue weighted by atomic mass is 16.5. The molecule has 0 heterocycles. The number of hydrogen-bond acceptors (Lipinski definition) is 2. The van der Waals surface area contributed by atoms with Crippen LogP contribution in [0.1, 0.15) is 35.6 Å². The van der Waals surface area contributed by atoms with Crippen molar-refractivity contribution in [3.05, 3.63) is 107 Å². The lowest BCUT2D eigenvalue weighted by Gasteiger charge is -2.17. The van der Waals surface area contributed by atoms with Crippen molar-refractivity contribution >= 4 is 11.1 Å². The van der Waals surface area contributed by atoms with Gasteiger partial charge in [-0.3, -0.25) is 4.90 Å². The van der Waals surface area contributed by atoms with Gasteiger partial charge in [0.1, 0.15) is 0 Å². The predicted octanol–water partition coefficient (Wildman–Crippen LogP) is 6.09. The van der Waals surface area contributed by atoms with E-state index in [2.05, 4.69) is 91.9 Å². The third-order valence-electron chi connectivity index (χ3n) is 4.70. The van der Waals surface area contributed by atoms with Crippen LogP contribution in [0.25, 0.3) is 11.1 Å². The molecule has 3 aromatic carbocycles. The largest absolute Gasteiger partial charge is 0.361 e. The van der Waals surface area contributed by atoms with Gasteiger partial charge in [0.2, 0.25) is 0 Å². The highest BCUT2D eigenvalue weighted by Crippen LogP contribution is 2.34. The summed E-state index contributed by atoms with van der Waals surface area (Å²) in [5, 5.41) is 0. The highest BCUT2D eigenvalue weighted by molar-refractivity contribution is 5.98. The lowest BCUT2D eigenvalue weighted by Crippen LogP contribution is -2.15. The smallest absolute Gasteiger partial charge is 0.0989 e. The van der Waals surface area contributed by atoms with E-state index in [0.29, 0.717) is 13.3 Å². The van der Waals surface area contributed by atoms with Gasteiger partial charge in [-0.05, 0) is 53.9 Å². The maximum Gasteiger partial charge on any atom is 0.0989 e. The van der Waals surface area contributed by atoms with Gasteiger partial charge >= 0.3 is 0 Å². The molecule has 0 spiro atoms. The second kappa shape index (κ2) is 10.0. The van der Waals surface area contributed by atoms with Crippen molar-refractivity contribution in [1.29, 1.82) is 0 Å². The van der Waals surface area contributed by atoms with Gasteiger partial charge in [0.05, 0.1) is 13.3 Å². The van der Waals surface area contributed by atoms with Crippen LogP contribution in [-0.2, 0) is 11.3 Å². The molecule has 3 rings (SSSR count). The Morgan fingerprint density at radius 2 is 1.25 bits per heavy atom. The quantitative estimate of drug-likeness (QED) is 0.351. The predicted molar refractivity (Wildman–Crippen MR) is 119 cm³/mol. The number of ether oxygens (including phenoxy) is 1. The molecule has 0 radical (unpaired) electrons. The summed E-state index contributed by atoms with van der Waals surface area (Å²) in [7, 11) is 4.02. The first-order valence-corrected chi connectivity index (χ1v) is 9.84. The van der Waals surface area contributed by atoms with E-state index in [9.17, 15) is 0 Å². The van der Waals surface area contributed by atoms with Crippen LogP contribution in [0.15, 0.2) is 84.9 Å². The lowest BCUT2D eigenvalue weighted by atomic mass is 9.88. The fourth-order valence-corrected chi connectivity index (χ4v) is 3.40. The van der Waals surface area contributed by atoms with Gasteiger partial charge in [0.25, 0.3) is 0 Å². The molecule has 0 aliphatic rings. The number of nitrogens with zero attached hydrogens (tertiary/aromatic N) is 1. The molecular weight excluding hydrogens is 342 g/mol. The average Bonchev–Trinajstić information content (AvgIpc) is 2.73. The molecule has 3 aromatic rings. The number of rotatable bonds is 8. The second-order valence-electron chi connectivity index (χ2n) is 7.19. The summed E-state index contributed by atoms with van der Waals surface area (Å²) in [6, 6.07) is 30.1. The minimum Gasteiger partial charge on any atom is -0.361 e. The highest BCUT2D eigenvalue weighted by Gasteiger charge is 2.12. The van der Waals surface area contributed by atoms with Crippen LogP contribution in [0.5, 0.6) is 0 Å². The minimum atomic E-state index is 0.627. The third kappa shape index (κ3) is 5.19. The maximum atomic E-state index is 5.72. The summed E-state index contributed by atoms with van der Waals surface area (Å²) < 4.78 is 5.72. The first kappa shape index (κ1) is 20.1. The van der Waals surface area contributed by atoms with Gasteiger partial charge in [0, 0.05) is 0 Å². The molecule has 0 amide bonds. The van der Waals surface area contributed by atoms with Crippen LogP contribution in [0, 0.1) is 0 Å². The van der Waals surface area contributed by atoms with Gasteiger partial charge in [0.15, 0.2) is 0 Å². The monoisotopic (exact) mass is 371 g/mol. The summed E-state index contributed by atoms with van der Waals surface area (Å²) in [6.45, 7) is 3.49. The van der Waals surface area contributed by atoms with Crippen molar-refractivity contribution in [2.24, 2.45) is 0 Å². The van der Waals surface area contributed by atoms with Crippen molar-refractivity contribution in [2.75, 3.05) is 20.8 Å². The van der Waals surface area contributed by atoms with Gasteiger partial charge in [-0.2, -0.15) is 0 Å². The van der Waals surface area contributed by atoms with Crippen molar-refractivity contribution in [3.63, 3.8) is 0 Å². The molecule has 0 aliphatic carbocycles. The molecule has 0 atom stereocenters. The van der Waals surface area contributed by atoms with Crippen molar-refractivity contribution in [1.82, 2.24) is 4.90 Å². The zero-order valence-electron chi connectivity index (χ0n) is 17.1. The maximum absolute atomic E-state index is 5.72. The van der Waals surface area contributed by atoms with Crippen LogP contribution in [0.3, 0.4) is 0 Å². The lowest BCUT2D eigenvalue weighted by molar-refractivity contribution is 0.0451. The van der Waals surface area contributed by atoms with E-state index < -0.39 is 0 Å².